The number of carbonyl (C=O) groups is 1. The quantitative estimate of drug-likeness (QED) is 0.302. The van der Waals surface area contributed by atoms with Crippen molar-refractivity contribution in [1.82, 2.24) is 0 Å². The third-order valence-electron chi connectivity index (χ3n) is 5.26. The summed E-state index contributed by atoms with van der Waals surface area (Å²) in [5.41, 5.74) is 5.40. The van der Waals surface area contributed by atoms with Crippen molar-refractivity contribution in [3.63, 3.8) is 0 Å². The SMILES string of the molecule is CCCOc1cc(OCCC)c(PC(=O)c2c(C)cc(C)c(C)c2C)c(OCCC)c1.[LiH]. The minimum absolute atomic E-state index is 0. The molecule has 0 bridgehead atoms. The van der Waals surface area contributed by atoms with Crippen LogP contribution in [0.5, 0.6) is 17.2 Å². The first-order valence-electron chi connectivity index (χ1n) is 11.3. The van der Waals surface area contributed by atoms with Crippen molar-refractivity contribution >= 4 is 38.3 Å². The van der Waals surface area contributed by atoms with Gasteiger partial charge in [0.25, 0.3) is 0 Å². The van der Waals surface area contributed by atoms with E-state index in [1.54, 1.807) is 0 Å². The Hall–Kier alpha value is -1.46. The van der Waals surface area contributed by atoms with E-state index in [1.807, 2.05) is 26.0 Å². The van der Waals surface area contributed by atoms with Gasteiger partial charge in [0.05, 0.1) is 25.1 Å². The fraction of sp³-hybridized carbons (Fsp3) is 0.500. The van der Waals surface area contributed by atoms with Gasteiger partial charge < -0.3 is 14.2 Å². The number of aryl methyl sites for hydroxylation is 2. The zero-order chi connectivity index (χ0) is 23.0. The first-order valence-corrected chi connectivity index (χ1v) is 12.3. The van der Waals surface area contributed by atoms with Crippen LogP contribution < -0.4 is 19.5 Å². The molecule has 1 unspecified atom stereocenters. The van der Waals surface area contributed by atoms with Crippen molar-refractivity contribution in [2.45, 2.75) is 67.7 Å². The van der Waals surface area contributed by atoms with Crippen LogP contribution >= 0.6 is 8.58 Å². The predicted octanol–water partition coefficient (Wildman–Crippen LogP) is 5.78. The van der Waals surface area contributed by atoms with Crippen LogP contribution in [0.1, 0.15) is 72.6 Å². The summed E-state index contributed by atoms with van der Waals surface area (Å²) >= 11 is 0. The van der Waals surface area contributed by atoms with Crippen molar-refractivity contribution in [2.75, 3.05) is 19.8 Å². The molecule has 172 valence electrons. The number of carbonyl (C=O) groups excluding carboxylic acids is 1. The molecule has 0 saturated carbocycles. The molecule has 0 amide bonds. The summed E-state index contributed by atoms with van der Waals surface area (Å²) in [5, 5.41) is 0.827. The number of ether oxygens (including phenoxy) is 3. The molecule has 0 fully saturated rings. The molecule has 6 heteroatoms. The minimum atomic E-state index is -0.0840. The fourth-order valence-corrected chi connectivity index (χ4v) is 4.73. The predicted molar refractivity (Wildman–Crippen MR) is 139 cm³/mol. The van der Waals surface area contributed by atoms with Crippen LogP contribution in [0.2, 0.25) is 0 Å². The van der Waals surface area contributed by atoms with Crippen molar-refractivity contribution in [3.05, 3.63) is 46.0 Å². The standard InChI is InChI=1S/C26H37O4P.Li.H/c1-8-11-28-21-15-22(29-12-9-2)25(23(16-21)30-13-10-3)31-26(27)24-18(5)14-17(4)19(6)20(24)7;;/h14-16,31H,8-13H2,1-7H3;;. The maximum absolute atomic E-state index is 13.5. The molecule has 1 atom stereocenters. The van der Waals surface area contributed by atoms with E-state index in [1.165, 1.54) is 11.1 Å². The van der Waals surface area contributed by atoms with E-state index < -0.39 is 0 Å². The molecule has 32 heavy (non-hydrogen) atoms. The summed E-state index contributed by atoms with van der Waals surface area (Å²) in [5.74, 6) is 2.10. The Kier molecular flexibility index (Phi) is 12.4. The average molecular weight is 453 g/mol. The van der Waals surface area contributed by atoms with E-state index >= 15 is 0 Å². The monoisotopic (exact) mass is 452 g/mol. The van der Waals surface area contributed by atoms with Crippen LogP contribution in [0.3, 0.4) is 0 Å². The Morgan fingerprint density at radius 2 is 1.25 bits per heavy atom. The van der Waals surface area contributed by atoms with Gasteiger partial charge in [0.15, 0.2) is 5.52 Å². The molecular formula is C26H38LiO4P. The second-order valence-corrected chi connectivity index (χ2v) is 9.13. The molecule has 0 saturated heterocycles. The zero-order valence-corrected chi connectivity index (χ0v) is 21.1. The molecule has 0 radical (unpaired) electrons. The Bertz CT molecular complexity index is 882. The van der Waals surface area contributed by atoms with E-state index in [2.05, 4.69) is 40.7 Å². The van der Waals surface area contributed by atoms with Crippen molar-refractivity contribution in [1.29, 1.82) is 0 Å². The number of rotatable bonds is 12. The van der Waals surface area contributed by atoms with Crippen LogP contribution in [-0.4, -0.2) is 44.2 Å². The Morgan fingerprint density at radius 1 is 0.750 bits per heavy atom. The molecule has 4 nitrogen and oxygen atoms in total. The van der Waals surface area contributed by atoms with E-state index in [9.17, 15) is 4.79 Å². The van der Waals surface area contributed by atoms with E-state index in [-0.39, 0.29) is 33.0 Å². The molecular weight excluding hydrogens is 414 g/mol. The first kappa shape index (κ1) is 28.6. The van der Waals surface area contributed by atoms with Crippen molar-refractivity contribution < 1.29 is 19.0 Å². The van der Waals surface area contributed by atoms with Gasteiger partial charge in [0.1, 0.15) is 17.2 Å². The van der Waals surface area contributed by atoms with E-state index in [4.69, 9.17) is 14.2 Å². The van der Waals surface area contributed by atoms with Crippen molar-refractivity contribution in [2.24, 2.45) is 0 Å². The summed E-state index contributed by atoms with van der Waals surface area (Å²) in [6.07, 6.45) is 2.69. The van der Waals surface area contributed by atoms with Crippen molar-refractivity contribution in [3.8, 4) is 17.2 Å². The van der Waals surface area contributed by atoms with Crippen LogP contribution in [0.25, 0.3) is 0 Å². The number of hydrogen-bond acceptors (Lipinski definition) is 4. The van der Waals surface area contributed by atoms with Gasteiger partial charge in [0.2, 0.25) is 0 Å². The molecule has 0 aromatic heterocycles. The van der Waals surface area contributed by atoms with Gasteiger partial charge in [-0.1, -0.05) is 26.8 Å². The van der Waals surface area contributed by atoms with Gasteiger partial charge in [-0.3, -0.25) is 4.79 Å². The van der Waals surface area contributed by atoms with Gasteiger partial charge in [-0.05, 0) is 77.8 Å². The number of hydrogen-bond donors (Lipinski definition) is 0. The zero-order valence-electron chi connectivity index (χ0n) is 20.1. The summed E-state index contributed by atoms with van der Waals surface area (Å²) in [7, 11) is -0.0840. The maximum atomic E-state index is 13.5. The summed E-state index contributed by atoms with van der Waals surface area (Å²) in [6.45, 7) is 16.2. The molecule has 2 aromatic rings. The average Bonchev–Trinajstić information content (AvgIpc) is 2.74. The first-order chi connectivity index (χ1) is 14.8. The molecule has 0 N–H and O–H groups in total. The normalized spacial score (nSPS) is 10.8. The third-order valence-corrected chi connectivity index (χ3v) is 6.48. The third kappa shape index (κ3) is 7.28. The van der Waals surface area contributed by atoms with Gasteiger partial charge in [0, 0.05) is 17.7 Å². The molecule has 2 rings (SSSR count). The van der Waals surface area contributed by atoms with Crippen LogP contribution in [-0.2, 0) is 0 Å². The molecule has 0 spiro atoms. The van der Waals surface area contributed by atoms with Crippen LogP contribution in [0, 0.1) is 27.7 Å². The van der Waals surface area contributed by atoms with Gasteiger partial charge in [-0.25, -0.2) is 0 Å². The van der Waals surface area contributed by atoms with E-state index in [0.29, 0.717) is 31.3 Å². The summed E-state index contributed by atoms with van der Waals surface area (Å²) < 4.78 is 18.0. The molecule has 0 heterocycles. The molecule has 0 aliphatic rings. The fourth-order valence-electron chi connectivity index (χ4n) is 3.45. The van der Waals surface area contributed by atoms with Gasteiger partial charge >= 0.3 is 18.9 Å². The Labute approximate surface area is 207 Å². The molecule has 0 aliphatic carbocycles. The Morgan fingerprint density at radius 3 is 1.75 bits per heavy atom. The molecule has 2 aromatic carbocycles. The second-order valence-electron chi connectivity index (χ2n) is 7.93. The van der Waals surface area contributed by atoms with Crippen LogP contribution in [0.4, 0.5) is 0 Å². The summed E-state index contributed by atoms with van der Waals surface area (Å²) in [4.78, 5) is 13.5. The van der Waals surface area contributed by atoms with Crippen LogP contribution in [0.15, 0.2) is 18.2 Å². The second kappa shape index (κ2) is 13.9. The Balaban J connectivity index is 0.00000512. The van der Waals surface area contributed by atoms with Gasteiger partial charge in [-0.15, -0.1) is 0 Å². The summed E-state index contributed by atoms with van der Waals surface area (Å²) in [6, 6.07) is 5.91. The molecule has 0 aliphatic heterocycles. The number of benzene rings is 2. The van der Waals surface area contributed by atoms with Gasteiger partial charge in [-0.2, -0.15) is 0 Å². The van der Waals surface area contributed by atoms with E-state index in [0.717, 1.165) is 47.0 Å². The topological polar surface area (TPSA) is 44.8 Å².